The van der Waals surface area contributed by atoms with Gasteiger partial charge in [-0.05, 0) is 24.2 Å². The van der Waals surface area contributed by atoms with Gasteiger partial charge in [-0.3, -0.25) is 4.79 Å². The Kier molecular flexibility index (Phi) is 4.74. The molecular formula is C12H21N3O4. The highest BCUT2D eigenvalue weighted by molar-refractivity contribution is 5.87. The molecule has 3 amide bonds. The van der Waals surface area contributed by atoms with Gasteiger partial charge < -0.3 is 21.5 Å². The van der Waals surface area contributed by atoms with Crippen molar-refractivity contribution >= 4 is 17.9 Å². The number of amides is 3. The summed E-state index contributed by atoms with van der Waals surface area (Å²) in [6.07, 6.45) is 1.71. The lowest BCUT2D eigenvalue weighted by Crippen LogP contribution is -2.49. The molecule has 1 aliphatic rings. The number of nitrogens with two attached hydrogens (primary N) is 1. The Morgan fingerprint density at radius 3 is 2.26 bits per heavy atom. The molecule has 0 aromatic heterocycles. The largest absolute Gasteiger partial charge is 0.480 e. The predicted molar refractivity (Wildman–Crippen MR) is 68.3 cm³/mol. The van der Waals surface area contributed by atoms with Crippen LogP contribution >= 0.6 is 0 Å². The van der Waals surface area contributed by atoms with Gasteiger partial charge in [0.1, 0.15) is 6.04 Å². The van der Waals surface area contributed by atoms with E-state index in [2.05, 4.69) is 24.5 Å². The molecule has 0 unspecified atom stereocenters. The SMILES string of the molecule is CC(C)C1(CNC(=O)N[C@H](CC(N)=O)C(=O)O)CC1. The number of carbonyl (C=O) groups is 3. The maximum atomic E-state index is 11.6. The van der Waals surface area contributed by atoms with Gasteiger partial charge in [-0.15, -0.1) is 0 Å². The topological polar surface area (TPSA) is 122 Å². The number of aliphatic carboxylic acids is 1. The summed E-state index contributed by atoms with van der Waals surface area (Å²) in [6, 6.07) is -1.87. The van der Waals surface area contributed by atoms with Gasteiger partial charge >= 0.3 is 12.0 Å². The maximum absolute atomic E-state index is 11.6. The van der Waals surface area contributed by atoms with Crippen LogP contribution in [0, 0.1) is 11.3 Å². The zero-order valence-electron chi connectivity index (χ0n) is 11.2. The third-order valence-corrected chi connectivity index (χ3v) is 3.73. The van der Waals surface area contributed by atoms with E-state index in [1.165, 1.54) is 0 Å². The van der Waals surface area contributed by atoms with Crippen LogP contribution in [0.25, 0.3) is 0 Å². The van der Waals surface area contributed by atoms with Crippen LogP contribution in [-0.4, -0.2) is 35.6 Å². The zero-order chi connectivity index (χ0) is 14.6. The molecule has 1 saturated carbocycles. The average Bonchev–Trinajstić information content (AvgIpc) is 3.05. The lowest BCUT2D eigenvalue weighted by Gasteiger charge is -2.21. The Morgan fingerprint density at radius 2 is 1.89 bits per heavy atom. The van der Waals surface area contributed by atoms with Crippen molar-refractivity contribution in [3.05, 3.63) is 0 Å². The Labute approximate surface area is 111 Å². The van der Waals surface area contributed by atoms with E-state index >= 15 is 0 Å². The van der Waals surface area contributed by atoms with E-state index in [-0.39, 0.29) is 5.41 Å². The molecule has 1 aliphatic carbocycles. The van der Waals surface area contributed by atoms with Gasteiger partial charge in [0.05, 0.1) is 6.42 Å². The first-order valence-corrected chi connectivity index (χ1v) is 6.32. The molecule has 7 heteroatoms. The Morgan fingerprint density at radius 1 is 1.32 bits per heavy atom. The lowest BCUT2D eigenvalue weighted by atomic mass is 9.92. The highest BCUT2D eigenvalue weighted by Crippen LogP contribution is 2.51. The van der Waals surface area contributed by atoms with E-state index in [1.807, 2.05) is 0 Å². The summed E-state index contributed by atoms with van der Waals surface area (Å²) in [6.45, 7) is 4.71. The molecule has 19 heavy (non-hydrogen) atoms. The van der Waals surface area contributed by atoms with Gasteiger partial charge in [-0.1, -0.05) is 13.8 Å². The van der Waals surface area contributed by atoms with Gasteiger partial charge in [0.25, 0.3) is 0 Å². The number of hydrogen-bond donors (Lipinski definition) is 4. The van der Waals surface area contributed by atoms with Crippen molar-refractivity contribution in [2.24, 2.45) is 17.1 Å². The van der Waals surface area contributed by atoms with Crippen LogP contribution in [0.4, 0.5) is 4.79 Å². The molecule has 0 aromatic carbocycles. The van der Waals surface area contributed by atoms with Crippen molar-refractivity contribution in [3.63, 3.8) is 0 Å². The second kappa shape index (κ2) is 5.90. The highest BCUT2D eigenvalue weighted by atomic mass is 16.4. The van der Waals surface area contributed by atoms with E-state index < -0.39 is 30.4 Å². The summed E-state index contributed by atoms with van der Waals surface area (Å²) in [5.41, 5.74) is 5.06. The second-order valence-corrected chi connectivity index (χ2v) is 5.41. The number of hydrogen-bond acceptors (Lipinski definition) is 3. The summed E-state index contributed by atoms with van der Waals surface area (Å²) in [5, 5.41) is 13.7. The van der Waals surface area contributed by atoms with E-state index in [9.17, 15) is 14.4 Å². The molecule has 1 atom stereocenters. The third-order valence-electron chi connectivity index (χ3n) is 3.73. The second-order valence-electron chi connectivity index (χ2n) is 5.41. The van der Waals surface area contributed by atoms with Gasteiger partial charge in [-0.2, -0.15) is 0 Å². The van der Waals surface area contributed by atoms with Gasteiger partial charge in [0.2, 0.25) is 5.91 Å². The van der Waals surface area contributed by atoms with Crippen molar-refractivity contribution in [1.82, 2.24) is 10.6 Å². The fraction of sp³-hybridized carbons (Fsp3) is 0.750. The van der Waals surface area contributed by atoms with Crippen molar-refractivity contribution in [2.45, 2.75) is 39.2 Å². The predicted octanol–water partition coefficient (Wildman–Crippen LogP) is 0.0504. The van der Waals surface area contributed by atoms with Crippen LogP contribution in [-0.2, 0) is 9.59 Å². The number of rotatable bonds is 7. The molecule has 0 saturated heterocycles. The third kappa shape index (κ3) is 4.42. The molecule has 7 nitrogen and oxygen atoms in total. The van der Waals surface area contributed by atoms with E-state index in [4.69, 9.17) is 10.8 Å². The minimum absolute atomic E-state index is 0.139. The van der Waals surface area contributed by atoms with Gasteiger partial charge in [0.15, 0.2) is 0 Å². The number of carboxylic acids is 1. The van der Waals surface area contributed by atoms with Gasteiger partial charge in [-0.25, -0.2) is 9.59 Å². The molecule has 1 fully saturated rings. The molecule has 108 valence electrons. The standard InChI is InChI=1S/C12H21N3O4/c1-7(2)12(3-4-12)6-14-11(19)15-8(10(17)18)5-9(13)16/h7-8H,3-6H2,1-2H3,(H2,13,16)(H,17,18)(H2,14,15,19)/t8-/m1/s1. The normalized spacial score (nSPS) is 17.6. The van der Waals surface area contributed by atoms with Crippen LogP contribution in [0.5, 0.6) is 0 Å². The minimum Gasteiger partial charge on any atom is -0.480 e. The van der Waals surface area contributed by atoms with Crippen LogP contribution < -0.4 is 16.4 Å². The monoisotopic (exact) mass is 271 g/mol. The van der Waals surface area contributed by atoms with Crippen LogP contribution in [0.1, 0.15) is 33.1 Å². The van der Waals surface area contributed by atoms with Crippen molar-refractivity contribution in [3.8, 4) is 0 Å². The van der Waals surface area contributed by atoms with Crippen LogP contribution in [0.15, 0.2) is 0 Å². The van der Waals surface area contributed by atoms with E-state index in [1.54, 1.807) is 0 Å². The van der Waals surface area contributed by atoms with E-state index in [0.29, 0.717) is 12.5 Å². The number of primary amides is 1. The summed E-state index contributed by atoms with van der Waals surface area (Å²) in [5.74, 6) is -1.58. The number of carboxylic acid groups (broad SMARTS) is 1. The van der Waals surface area contributed by atoms with E-state index in [0.717, 1.165) is 12.8 Å². The first-order chi connectivity index (χ1) is 8.77. The summed E-state index contributed by atoms with van der Waals surface area (Å²) in [7, 11) is 0. The fourth-order valence-electron chi connectivity index (χ4n) is 1.99. The zero-order valence-corrected chi connectivity index (χ0v) is 11.2. The number of nitrogens with one attached hydrogen (secondary N) is 2. The molecule has 5 N–H and O–H groups in total. The molecular weight excluding hydrogens is 250 g/mol. The Bertz CT molecular complexity index is 377. The maximum Gasteiger partial charge on any atom is 0.326 e. The average molecular weight is 271 g/mol. The van der Waals surface area contributed by atoms with Crippen molar-refractivity contribution < 1.29 is 19.5 Å². The Balaban J connectivity index is 2.41. The molecule has 0 aliphatic heterocycles. The number of urea groups is 1. The lowest BCUT2D eigenvalue weighted by molar-refractivity contribution is -0.140. The van der Waals surface area contributed by atoms with Crippen LogP contribution in [0.2, 0.25) is 0 Å². The molecule has 0 aromatic rings. The Hall–Kier alpha value is -1.79. The molecule has 0 radical (unpaired) electrons. The number of carbonyl (C=O) groups excluding carboxylic acids is 2. The molecule has 0 heterocycles. The highest BCUT2D eigenvalue weighted by Gasteiger charge is 2.45. The minimum atomic E-state index is -1.29. The first-order valence-electron chi connectivity index (χ1n) is 6.32. The van der Waals surface area contributed by atoms with Gasteiger partial charge in [0, 0.05) is 6.54 Å². The molecule has 1 rings (SSSR count). The molecule has 0 spiro atoms. The smallest absolute Gasteiger partial charge is 0.326 e. The summed E-state index contributed by atoms with van der Waals surface area (Å²) >= 11 is 0. The van der Waals surface area contributed by atoms with Crippen molar-refractivity contribution in [2.75, 3.05) is 6.54 Å². The summed E-state index contributed by atoms with van der Waals surface area (Å²) < 4.78 is 0. The summed E-state index contributed by atoms with van der Waals surface area (Å²) in [4.78, 5) is 33.1. The quantitative estimate of drug-likeness (QED) is 0.522. The first kappa shape index (κ1) is 15.3. The van der Waals surface area contributed by atoms with Crippen LogP contribution in [0.3, 0.4) is 0 Å². The van der Waals surface area contributed by atoms with Crippen molar-refractivity contribution in [1.29, 1.82) is 0 Å². The fourth-order valence-corrected chi connectivity index (χ4v) is 1.99. The molecule has 0 bridgehead atoms.